The van der Waals surface area contributed by atoms with E-state index in [1.807, 2.05) is 72.2 Å². The van der Waals surface area contributed by atoms with Crippen LogP contribution >= 0.6 is 0 Å². The summed E-state index contributed by atoms with van der Waals surface area (Å²) < 4.78 is 13.0. The highest BCUT2D eigenvalue weighted by Gasteiger charge is 2.27. The normalized spacial score (nSPS) is 10.6. The molecule has 1 amide bonds. The third-order valence-electron chi connectivity index (χ3n) is 5.74. The van der Waals surface area contributed by atoms with E-state index in [0.717, 1.165) is 11.3 Å². The second-order valence-corrected chi connectivity index (χ2v) is 8.12. The molecule has 0 aliphatic heterocycles. The highest BCUT2D eigenvalue weighted by Crippen LogP contribution is 2.27. The molecule has 1 aromatic heterocycles. The van der Waals surface area contributed by atoms with Gasteiger partial charge >= 0.3 is 5.97 Å². The summed E-state index contributed by atoms with van der Waals surface area (Å²) in [5.41, 5.74) is 3.81. The Bertz CT molecular complexity index is 1310. The van der Waals surface area contributed by atoms with Crippen LogP contribution in [-0.4, -0.2) is 23.1 Å². The van der Waals surface area contributed by atoms with Crippen LogP contribution in [0.5, 0.6) is 11.5 Å². The van der Waals surface area contributed by atoms with Gasteiger partial charge in [-0.2, -0.15) is 0 Å². The van der Waals surface area contributed by atoms with Crippen LogP contribution in [0.25, 0.3) is 0 Å². The van der Waals surface area contributed by atoms with Crippen molar-refractivity contribution in [2.24, 2.45) is 0 Å². The van der Waals surface area contributed by atoms with Gasteiger partial charge in [-0.3, -0.25) is 4.79 Å². The second-order valence-electron chi connectivity index (χ2n) is 8.12. The van der Waals surface area contributed by atoms with E-state index in [2.05, 4.69) is 5.32 Å². The molecule has 4 aromatic rings. The molecule has 0 bridgehead atoms. The number of esters is 1. The van der Waals surface area contributed by atoms with Crippen LogP contribution in [0.2, 0.25) is 0 Å². The standard InChI is InChI=1S/C29H28N2O4/c1-4-34-29(33)27-20(2)26(21(3)31(27)19-22-11-7-5-8-12-22)28(32)30-23-15-17-25(18-16-23)35-24-13-9-6-10-14-24/h5-18H,4,19H2,1-3H3,(H,30,32). The minimum atomic E-state index is -0.439. The van der Waals surface area contributed by atoms with E-state index >= 15 is 0 Å². The number of para-hydroxylation sites is 1. The first-order valence-electron chi connectivity index (χ1n) is 11.5. The van der Waals surface area contributed by atoms with E-state index in [1.165, 1.54) is 0 Å². The Kier molecular flexibility index (Phi) is 7.31. The summed E-state index contributed by atoms with van der Waals surface area (Å²) in [6.45, 7) is 6.12. The first kappa shape index (κ1) is 23.8. The number of anilines is 1. The van der Waals surface area contributed by atoms with E-state index in [9.17, 15) is 9.59 Å². The van der Waals surface area contributed by atoms with Crippen LogP contribution in [0.1, 0.15) is 44.6 Å². The Morgan fingerprint density at radius 1 is 0.829 bits per heavy atom. The first-order valence-corrected chi connectivity index (χ1v) is 11.5. The first-order chi connectivity index (χ1) is 17.0. The summed E-state index contributed by atoms with van der Waals surface area (Å²) in [5, 5.41) is 2.95. The number of hydrogen-bond acceptors (Lipinski definition) is 4. The second kappa shape index (κ2) is 10.7. The Balaban J connectivity index is 1.59. The highest BCUT2D eigenvalue weighted by atomic mass is 16.5. The molecule has 0 saturated heterocycles. The summed E-state index contributed by atoms with van der Waals surface area (Å²) in [4.78, 5) is 26.1. The van der Waals surface area contributed by atoms with Crippen molar-refractivity contribution in [3.8, 4) is 11.5 Å². The molecule has 6 heteroatoms. The lowest BCUT2D eigenvalue weighted by Gasteiger charge is -2.12. The van der Waals surface area contributed by atoms with Crippen molar-refractivity contribution in [3.63, 3.8) is 0 Å². The number of aromatic nitrogens is 1. The maximum Gasteiger partial charge on any atom is 0.355 e. The van der Waals surface area contributed by atoms with Gasteiger partial charge < -0.3 is 19.4 Å². The molecule has 178 valence electrons. The van der Waals surface area contributed by atoms with E-state index in [4.69, 9.17) is 9.47 Å². The average Bonchev–Trinajstić information content (AvgIpc) is 3.11. The largest absolute Gasteiger partial charge is 0.461 e. The minimum Gasteiger partial charge on any atom is -0.461 e. The van der Waals surface area contributed by atoms with Crippen molar-refractivity contribution in [3.05, 3.63) is 113 Å². The topological polar surface area (TPSA) is 69.6 Å². The van der Waals surface area contributed by atoms with Crippen LogP contribution in [0.4, 0.5) is 5.69 Å². The molecule has 0 aliphatic carbocycles. The number of benzene rings is 3. The number of ether oxygens (including phenoxy) is 2. The number of nitrogens with zero attached hydrogens (tertiary/aromatic N) is 1. The lowest BCUT2D eigenvalue weighted by molar-refractivity contribution is 0.0513. The predicted molar refractivity (Wildman–Crippen MR) is 136 cm³/mol. The molecule has 0 radical (unpaired) electrons. The molecule has 0 saturated carbocycles. The van der Waals surface area contributed by atoms with Gasteiger partial charge in [-0.25, -0.2) is 4.79 Å². The van der Waals surface area contributed by atoms with E-state index in [0.29, 0.717) is 40.5 Å². The van der Waals surface area contributed by atoms with Gasteiger partial charge in [0.05, 0.1) is 12.2 Å². The zero-order chi connectivity index (χ0) is 24.8. The quantitative estimate of drug-likeness (QED) is 0.305. The fraction of sp³-hybridized carbons (Fsp3) is 0.172. The smallest absolute Gasteiger partial charge is 0.355 e. The lowest BCUT2D eigenvalue weighted by atomic mass is 10.1. The third-order valence-corrected chi connectivity index (χ3v) is 5.74. The van der Waals surface area contributed by atoms with Gasteiger partial charge in [0, 0.05) is 17.9 Å². The SMILES string of the molecule is CCOC(=O)c1c(C)c(C(=O)Nc2ccc(Oc3ccccc3)cc2)c(C)n1Cc1ccccc1. The van der Waals surface area contributed by atoms with Crippen LogP contribution in [-0.2, 0) is 11.3 Å². The molecule has 0 unspecified atom stereocenters. The summed E-state index contributed by atoms with van der Waals surface area (Å²) in [5.74, 6) is 0.682. The summed E-state index contributed by atoms with van der Waals surface area (Å²) >= 11 is 0. The molecule has 3 aromatic carbocycles. The van der Waals surface area contributed by atoms with Crippen LogP contribution < -0.4 is 10.1 Å². The van der Waals surface area contributed by atoms with Crippen LogP contribution in [0, 0.1) is 13.8 Å². The molecular weight excluding hydrogens is 440 g/mol. The van der Waals surface area contributed by atoms with Gasteiger partial charge in [0.1, 0.15) is 17.2 Å². The van der Waals surface area contributed by atoms with Crippen molar-refractivity contribution in [2.45, 2.75) is 27.3 Å². The molecule has 1 heterocycles. The minimum absolute atomic E-state index is 0.257. The Morgan fingerprint density at radius 3 is 2.06 bits per heavy atom. The third kappa shape index (κ3) is 5.44. The maximum absolute atomic E-state index is 13.3. The number of carbonyl (C=O) groups excluding carboxylic acids is 2. The number of hydrogen-bond donors (Lipinski definition) is 1. The van der Waals surface area contributed by atoms with Gasteiger partial charge in [0.2, 0.25) is 0 Å². The molecule has 0 atom stereocenters. The van der Waals surface area contributed by atoms with E-state index in [1.54, 1.807) is 38.1 Å². The van der Waals surface area contributed by atoms with Gasteiger partial charge in [0.15, 0.2) is 0 Å². The molecule has 0 spiro atoms. The van der Waals surface area contributed by atoms with Crippen molar-refractivity contribution in [2.75, 3.05) is 11.9 Å². The Morgan fingerprint density at radius 2 is 1.43 bits per heavy atom. The summed E-state index contributed by atoms with van der Waals surface area (Å²) in [6.07, 6.45) is 0. The molecule has 0 fully saturated rings. The lowest BCUT2D eigenvalue weighted by Crippen LogP contribution is -2.15. The Hall–Kier alpha value is -4.32. The number of carbonyl (C=O) groups is 2. The molecular formula is C29H28N2O4. The fourth-order valence-electron chi connectivity index (χ4n) is 4.08. The maximum atomic E-state index is 13.3. The van der Waals surface area contributed by atoms with Crippen molar-refractivity contribution in [1.82, 2.24) is 4.57 Å². The van der Waals surface area contributed by atoms with E-state index in [-0.39, 0.29) is 12.5 Å². The van der Waals surface area contributed by atoms with Crippen molar-refractivity contribution >= 4 is 17.6 Å². The zero-order valence-corrected chi connectivity index (χ0v) is 20.1. The number of nitrogens with one attached hydrogen (secondary N) is 1. The van der Waals surface area contributed by atoms with Crippen molar-refractivity contribution < 1.29 is 19.1 Å². The van der Waals surface area contributed by atoms with Gasteiger partial charge in [-0.05, 0) is 68.3 Å². The van der Waals surface area contributed by atoms with Crippen LogP contribution in [0.3, 0.4) is 0 Å². The van der Waals surface area contributed by atoms with Crippen molar-refractivity contribution in [1.29, 1.82) is 0 Å². The fourth-order valence-corrected chi connectivity index (χ4v) is 4.08. The molecule has 6 nitrogen and oxygen atoms in total. The number of amides is 1. The van der Waals surface area contributed by atoms with Gasteiger partial charge in [-0.1, -0.05) is 48.5 Å². The highest BCUT2D eigenvalue weighted by molar-refractivity contribution is 6.08. The molecule has 4 rings (SSSR count). The molecule has 35 heavy (non-hydrogen) atoms. The molecule has 1 N–H and O–H groups in total. The average molecular weight is 469 g/mol. The van der Waals surface area contributed by atoms with Gasteiger partial charge in [0.25, 0.3) is 5.91 Å². The van der Waals surface area contributed by atoms with Gasteiger partial charge in [-0.15, -0.1) is 0 Å². The predicted octanol–water partition coefficient (Wildman–Crippen LogP) is 6.37. The summed E-state index contributed by atoms with van der Waals surface area (Å²) in [7, 11) is 0. The molecule has 0 aliphatic rings. The van der Waals surface area contributed by atoms with Crippen LogP contribution in [0.15, 0.2) is 84.9 Å². The summed E-state index contributed by atoms with van der Waals surface area (Å²) in [6, 6.07) is 26.5. The Labute approximate surface area is 205 Å². The zero-order valence-electron chi connectivity index (χ0n) is 20.1. The number of rotatable bonds is 8. The van der Waals surface area contributed by atoms with E-state index < -0.39 is 5.97 Å². The monoisotopic (exact) mass is 468 g/mol.